The van der Waals surface area contributed by atoms with Crippen molar-refractivity contribution in [2.45, 2.75) is 6.54 Å². The Labute approximate surface area is 114 Å². The van der Waals surface area contributed by atoms with E-state index in [0.717, 1.165) is 6.07 Å². The molecule has 0 amide bonds. The average Bonchev–Trinajstić information content (AvgIpc) is 2.46. The first kappa shape index (κ1) is 14.0. The second kappa shape index (κ2) is 6.14. The van der Waals surface area contributed by atoms with Gasteiger partial charge in [-0.15, -0.1) is 0 Å². The normalized spacial score (nSPS) is 10.2. The zero-order valence-electron chi connectivity index (χ0n) is 11.0. The quantitative estimate of drug-likeness (QED) is 0.912. The summed E-state index contributed by atoms with van der Waals surface area (Å²) in [4.78, 5) is 8.08. The van der Waals surface area contributed by atoms with Crippen LogP contribution in [-0.4, -0.2) is 24.2 Å². The summed E-state index contributed by atoms with van der Waals surface area (Å²) >= 11 is 0. The Morgan fingerprint density at radius 3 is 2.25 bits per heavy atom. The first-order chi connectivity index (χ1) is 9.62. The summed E-state index contributed by atoms with van der Waals surface area (Å²) in [6.45, 7) is 0.114. The predicted octanol–water partition coefficient (Wildman–Crippen LogP) is 2.38. The highest BCUT2D eigenvalue weighted by molar-refractivity contribution is 5.35. The maximum absolute atomic E-state index is 13.5. The Balaban J connectivity index is 2.13. The highest BCUT2D eigenvalue weighted by Gasteiger charge is 2.07. The van der Waals surface area contributed by atoms with E-state index in [0.29, 0.717) is 17.3 Å². The van der Waals surface area contributed by atoms with Crippen molar-refractivity contribution in [3.05, 3.63) is 41.5 Å². The molecule has 0 unspecified atom stereocenters. The van der Waals surface area contributed by atoms with Crippen LogP contribution in [0.5, 0.6) is 11.8 Å². The number of benzene rings is 1. The minimum Gasteiger partial charge on any atom is -0.481 e. The minimum atomic E-state index is -0.632. The molecule has 20 heavy (non-hydrogen) atoms. The van der Waals surface area contributed by atoms with Gasteiger partial charge < -0.3 is 14.8 Å². The molecule has 0 saturated carbocycles. The van der Waals surface area contributed by atoms with Crippen LogP contribution in [0.4, 0.5) is 14.7 Å². The van der Waals surface area contributed by atoms with Gasteiger partial charge in [0.2, 0.25) is 17.7 Å². The van der Waals surface area contributed by atoms with Crippen molar-refractivity contribution in [3.63, 3.8) is 0 Å². The molecule has 1 N–H and O–H groups in total. The number of methoxy groups -OCH3 is 2. The fourth-order valence-electron chi connectivity index (χ4n) is 1.53. The van der Waals surface area contributed by atoms with Crippen molar-refractivity contribution in [2.75, 3.05) is 19.5 Å². The van der Waals surface area contributed by atoms with Gasteiger partial charge >= 0.3 is 0 Å². The van der Waals surface area contributed by atoms with E-state index in [-0.39, 0.29) is 12.5 Å². The predicted molar refractivity (Wildman–Crippen MR) is 68.8 cm³/mol. The van der Waals surface area contributed by atoms with Crippen LogP contribution in [0.25, 0.3) is 0 Å². The van der Waals surface area contributed by atoms with Gasteiger partial charge in [0, 0.05) is 18.2 Å². The number of nitrogens with zero attached hydrogens (tertiary/aromatic N) is 2. The molecule has 106 valence electrons. The molecule has 7 heteroatoms. The first-order valence-electron chi connectivity index (χ1n) is 5.77. The van der Waals surface area contributed by atoms with Gasteiger partial charge in [0.25, 0.3) is 0 Å². The summed E-state index contributed by atoms with van der Waals surface area (Å²) in [6, 6.07) is 4.88. The smallest absolute Gasteiger partial charge is 0.229 e. The molecule has 0 radical (unpaired) electrons. The standard InChI is InChI=1S/C13H13F2N3O2/c1-19-11-6-12(20-2)18-13(17-11)16-7-8-3-4-9(14)5-10(8)15/h3-6H,7H2,1-2H3,(H,16,17,18). The molecule has 0 aliphatic carbocycles. The Morgan fingerprint density at radius 1 is 1.05 bits per heavy atom. The van der Waals surface area contributed by atoms with Crippen LogP contribution in [-0.2, 0) is 6.54 Å². The largest absolute Gasteiger partial charge is 0.481 e. The zero-order chi connectivity index (χ0) is 14.5. The van der Waals surface area contributed by atoms with Crippen LogP contribution in [0.3, 0.4) is 0 Å². The lowest BCUT2D eigenvalue weighted by Crippen LogP contribution is -2.07. The van der Waals surface area contributed by atoms with E-state index in [1.165, 1.54) is 32.4 Å². The highest BCUT2D eigenvalue weighted by Crippen LogP contribution is 2.18. The summed E-state index contributed by atoms with van der Waals surface area (Å²) in [5.74, 6) is -0.388. The number of anilines is 1. The highest BCUT2D eigenvalue weighted by atomic mass is 19.1. The van der Waals surface area contributed by atoms with E-state index in [2.05, 4.69) is 15.3 Å². The number of halogens is 2. The number of aromatic nitrogens is 2. The molecule has 0 saturated heterocycles. The van der Waals surface area contributed by atoms with Gasteiger partial charge in [0.05, 0.1) is 20.3 Å². The van der Waals surface area contributed by atoms with Gasteiger partial charge in [0.15, 0.2) is 0 Å². The minimum absolute atomic E-state index is 0.114. The zero-order valence-corrected chi connectivity index (χ0v) is 11.0. The van der Waals surface area contributed by atoms with Gasteiger partial charge in [-0.2, -0.15) is 9.97 Å². The molecule has 1 heterocycles. The topological polar surface area (TPSA) is 56.3 Å². The van der Waals surface area contributed by atoms with E-state index in [4.69, 9.17) is 9.47 Å². The number of hydrogen-bond donors (Lipinski definition) is 1. The molecule has 0 fully saturated rings. The first-order valence-corrected chi connectivity index (χ1v) is 5.77. The van der Waals surface area contributed by atoms with Crippen LogP contribution in [0.1, 0.15) is 5.56 Å². The third-order valence-corrected chi connectivity index (χ3v) is 2.55. The van der Waals surface area contributed by atoms with Crippen LogP contribution >= 0.6 is 0 Å². The lowest BCUT2D eigenvalue weighted by Gasteiger charge is -2.09. The third kappa shape index (κ3) is 3.31. The summed E-state index contributed by atoms with van der Waals surface area (Å²) in [6.07, 6.45) is 0. The van der Waals surface area contributed by atoms with Gasteiger partial charge in [-0.3, -0.25) is 0 Å². The Hall–Kier alpha value is -2.44. The van der Waals surface area contributed by atoms with Crippen LogP contribution < -0.4 is 14.8 Å². The van der Waals surface area contributed by atoms with E-state index < -0.39 is 11.6 Å². The lowest BCUT2D eigenvalue weighted by molar-refractivity contribution is 0.373. The van der Waals surface area contributed by atoms with Crippen molar-refractivity contribution in [1.82, 2.24) is 9.97 Å². The second-order valence-electron chi connectivity index (χ2n) is 3.87. The number of hydrogen-bond acceptors (Lipinski definition) is 5. The second-order valence-corrected chi connectivity index (χ2v) is 3.87. The Bertz CT molecular complexity index is 586. The molecule has 0 atom stereocenters. The third-order valence-electron chi connectivity index (χ3n) is 2.55. The Kier molecular flexibility index (Phi) is 4.29. The number of ether oxygens (including phenoxy) is 2. The number of nitrogens with one attached hydrogen (secondary N) is 1. The maximum atomic E-state index is 13.5. The van der Waals surface area contributed by atoms with Crippen molar-refractivity contribution >= 4 is 5.95 Å². The van der Waals surface area contributed by atoms with Crippen molar-refractivity contribution < 1.29 is 18.3 Å². The molecule has 0 aliphatic heterocycles. The fourth-order valence-corrected chi connectivity index (χ4v) is 1.53. The fraction of sp³-hybridized carbons (Fsp3) is 0.231. The monoisotopic (exact) mass is 281 g/mol. The Morgan fingerprint density at radius 2 is 1.70 bits per heavy atom. The molecule has 2 aromatic rings. The van der Waals surface area contributed by atoms with E-state index in [1.54, 1.807) is 0 Å². The van der Waals surface area contributed by atoms with Crippen LogP contribution in [0.2, 0.25) is 0 Å². The molecule has 0 spiro atoms. The van der Waals surface area contributed by atoms with E-state index in [9.17, 15) is 8.78 Å². The van der Waals surface area contributed by atoms with Gasteiger partial charge in [-0.25, -0.2) is 8.78 Å². The number of rotatable bonds is 5. The summed E-state index contributed by atoms with van der Waals surface area (Å²) in [7, 11) is 2.93. The van der Waals surface area contributed by atoms with Crippen LogP contribution in [0.15, 0.2) is 24.3 Å². The average molecular weight is 281 g/mol. The van der Waals surface area contributed by atoms with Crippen molar-refractivity contribution in [1.29, 1.82) is 0 Å². The van der Waals surface area contributed by atoms with E-state index in [1.807, 2.05) is 0 Å². The van der Waals surface area contributed by atoms with E-state index >= 15 is 0 Å². The van der Waals surface area contributed by atoms with Gasteiger partial charge in [0.1, 0.15) is 11.6 Å². The summed E-state index contributed by atoms with van der Waals surface area (Å²) in [5, 5.41) is 2.83. The summed E-state index contributed by atoms with van der Waals surface area (Å²) in [5.41, 5.74) is 0.303. The molecule has 2 rings (SSSR count). The van der Waals surface area contributed by atoms with Gasteiger partial charge in [-0.1, -0.05) is 6.07 Å². The van der Waals surface area contributed by atoms with Crippen molar-refractivity contribution in [3.8, 4) is 11.8 Å². The van der Waals surface area contributed by atoms with Gasteiger partial charge in [-0.05, 0) is 6.07 Å². The molecule has 0 bridgehead atoms. The maximum Gasteiger partial charge on any atom is 0.229 e. The van der Waals surface area contributed by atoms with Crippen LogP contribution in [0, 0.1) is 11.6 Å². The van der Waals surface area contributed by atoms with Crippen molar-refractivity contribution in [2.24, 2.45) is 0 Å². The molecule has 1 aromatic carbocycles. The molecule has 5 nitrogen and oxygen atoms in total. The lowest BCUT2D eigenvalue weighted by atomic mass is 10.2. The molecular weight excluding hydrogens is 268 g/mol. The summed E-state index contributed by atoms with van der Waals surface area (Å²) < 4.78 is 36.3. The molecule has 1 aromatic heterocycles. The SMILES string of the molecule is COc1cc(OC)nc(NCc2ccc(F)cc2F)n1. The molecular formula is C13H13F2N3O2. The molecule has 0 aliphatic rings.